The van der Waals surface area contributed by atoms with Crippen molar-refractivity contribution in [3.8, 4) is 11.5 Å². The Balaban J connectivity index is 2.86. The van der Waals surface area contributed by atoms with Crippen LogP contribution in [0.1, 0.15) is 17.3 Å². The van der Waals surface area contributed by atoms with Gasteiger partial charge in [0.1, 0.15) is 0 Å². The second-order valence-corrected chi connectivity index (χ2v) is 4.19. The fraction of sp³-hybridized carbons (Fsp3) is 0.357. The summed E-state index contributed by atoms with van der Waals surface area (Å²) in [6, 6.07) is 3.76. The summed E-state index contributed by atoms with van der Waals surface area (Å²) < 4.78 is 15.2. The van der Waals surface area contributed by atoms with Gasteiger partial charge in [0.15, 0.2) is 17.6 Å². The topological polar surface area (TPSA) is 103 Å². The first kappa shape index (κ1) is 17.3. The molecule has 0 fully saturated rings. The number of imide groups is 1. The smallest absolute Gasteiger partial charge is 0.337 e. The number of carbonyl (C=O) groups is 3. The molecule has 2 N–H and O–H groups in total. The van der Waals surface area contributed by atoms with Crippen LogP contribution < -0.4 is 20.1 Å². The van der Waals surface area contributed by atoms with E-state index in [1.54, 1.807) is 0 Å². The SMILES string of the molecule is CNC(=O)NC(=O)[C@H](C)Oc1ccc(C(=O)OC)cc1OC. The maximum absolute atomic E-state index is 11.7. The molecule has 1 aromatic carbocycles. The van der Waals surface area contributed by atoms with Crippen molar-refractivity contribution >= 4 is 17.9 Å². The molecule has 0 aliphatic carbocycles. The number of ether oxygens (including phenoxy) is 3. The summed E-state index contributed by atoms with van der Waals surface area (Å²) in [4.78, 5) is 34.3. The van der Waals surface area contributed by atoms with Crippen LogP contribution in [0, 0.1) is 0 Å². The highest BCUT2D eigenvalue weighted by atomic mass is 16.5. The van der Waals surface area contributed by atoms with Gasteiger partial charge < -0.3 is 19.5 Å². The number of nitrogens with one attached hydrogen (secondary N) is 2. The number of hydrogen-bond acceptors (Lipinski definition) is 6. The molecule has 0 aliphatic rings. The molecule has 0 aromatic heterocycles. The van der Waals surface area contributed by atoms with Crippen LogP contribution in [0.15, 0.2) is 18.2 Å². The van der Waals surface area contributed by atoms with Gasteiger partial charge in [-0.05, 0) is 25.1 Å². The normalized spacial score (nSPS) is 11.1. The minimum atomic E-state index is -0.935. The van der Waals surface area contributed by atoms with E-state index < -0.39 is 24.0 Å². The highest BCUT2D eigenvalue weighted by molar-refractivity contribution is 5.96. The molecule has 1 rings (SSSR count). The van der Waals surface area contributed by atoms with E-state index in [4.69, 9.17) is 9.47 Å². The Bertz CT molecular complexity index is 572. The van der Waals surface area contributed by atoms with Crippen molar-refractivity contribution in [2.45, 2.75) is 13.0 Å². The van der Waals surface area contributed by atoms with Crippen molar-refractivity contribution in [1.29, 1.82) is 0 Å². The molecule has 1 atom stereocenters. The van der Waals surface area contributed by atoms with Crippen LogP contribution in [0.25, 0.3) is 0 Å². The lowest BCUT2D eigenvalue weighted by Gasteiger charge is -2.16. The largest absolute Gasteiger partial charge is 0.493 e. The summed E-state index contributed by atoms with van der Waals surface area (Å²) in [5.41, 5.74) is 0.286. The van der Waals surface area contributed by atoms with Crippen LogP contribution in [0.4, 0.5) is 4.79 Å². The Morgan fingerprint density at radius 3 is 2.36 bits per heavy atom. The summed E-state index contributed by atoms with van der Waals surface area (Å²) in [5, 5.41) is 4.36. The van der Waals surface area contributed by atoms with Gasteiger partial charge in [0.25, 0.3) is 5.91 Å². The number of amides is 3. The van der Waals surface area contributed by atoms with Crippen LogP contribution in [0.5, 0.6) is 11.5 Å². The lowest BCUT2D eigenvalue weighted by atomic mass is 10.2. The molecule has 1 aromatic rings. The van der Waals surface area contributed by atoms with E-state index in [2.05, 4.69) is 15.4 Å². The summed E-state index contributed by atoms with van der Waals surface area (Å²) in [7, 11) is 4.06. The second-order valence-electron chi connectivity index (χ2n) is 4.19. The zero-order chi connectivity index (χ0) is 16.7. The minimum Gasteiger partial charge on any atom is -0.493 e. The van der Waals surface area contributed by atoms with Crippen molar-refractivity contribution < 1.29 is 28.6 Å². The average Bonchev–Trinajstić information content (AvgIpc) is 2.53. The molecular formula is C14H18N2O6. The van der Waals surface area contributed by atoms with E-state index in [0.717, 1.165) is 0 Å². The van der Waals surface area contributed by atoms with E-state index in [9.17, 15) is 14.4 Å². The van der Waals surface area contributed by atoms with Gasteiger partial charge in [-0.25, -0.2) is 9.59 Å². The van der Waals surface area contributed by atoms with E-state index in [-0.39, 0.29) is 17.1 Å². The first-order chi connectivity index (χ1) is 10.4. The molecule has 8 heteroatoms. The number of methoxy groups -OCH3 is 2. The van der Waals surface area contributed by atoms with Gasteiger partial charge in [-0.15, -0.1) is 0 Å². The van der Waals surface area contributed by atoms with Crippen molar-refractivity contribution in [3.63, 3.8) is 0 Å². The maximum Gasteiger partial charge on any atom is 0.337 e. The number of urea groups is 1. The Morgan fingerprint density at radius 2 is 1.82 bits per heavy atom. The van der Waals surface area contributed by atoms with Gasteiger partial charge >= 0.3 is 12.0 Å². The average molecular weight is 310 g/mol. The zero-order valence-electron chi connectivity index (χ0n) is 12.8. The van der Waals surface area contributed by atoms with Crippen molar-refractivity contribution in [2.75, 3.05) is 21.3 Å². The fourth-order valence-corrected chi connectivity index (χ4v) is 1.53. The minimum absolute atomic E-state index is 0.259. The maximum atomic E-state index is 11.7. The van der Waals surface area contributed by atoms with Gasteiger partial charge in [0.05, 0.1) is 19.8 Å². The summed E-state index contributed by atoms with van der Waals surface area (Å²) in [6.07, 6.45) is -0.935. The Kier molecular flexibility index (Phi) is 6.18. The molecular weight excluding hydrogens is 292 g/mol. The predicted octanol–water partition coefficient (Wildman–Crippen LogP) is 0.705. The number of carbonyl (C=O) groups excluding carboxylic acids is 3. The quantitative estimate of drug-likeness (QED) is 0.776. The number of rotatable bonds is 5. The van der Waals surface area contributed by atoms with Gasteiger partial charge in [0.2, 0.25) is 0 Å². The molecule has 0 saturated heterocycles. The third-order valence-electron chi connectivity index (χ3n) is 2.72. The molecule has 3 amide bonds. The molecule has 0 aliphatic heterocycles. The third kappa shape index (κ3) is 4.37. The molecule has 0 bridgehead atoms. The van der Waals surface area contributed by atoms with Crippen molar-refractivity contribution in [1.82, 2.24) is 10.6 Å². The fourth-order valence-electron chi connectivity index (χ4n) is 1.53. The molecule has 0 radical (unpaired) electrons. The zero-order valence-corrected chi connectivity index (χ0v) is 12.8. The van der Waals surface area contributed by atoms with E-state index in [0.29, 0.717) is 0 Å². The molecule has 0 spiro atoms. The number of benzene rings is 1. The van der Waals surface area contributed by atoms with Gasteiger partial charge in [-0.2, -0.15) is 0 Å². The lowest BCUT2D eigenvalue weighted by Crippen LogP contribution is -2.44. The predicted molar refractivity (Wildman–Crippen MR) is 77.0 cm³/mol. The monoisotopic (exact) mass is 310 g/mol. The molecule has 0 heterocycles. The Hall–Kier alpha value is -2.77. The highest BCUT2D eigenvalue weighted by Crippen LogP contribution is 2.29. The van der Waals surface area contributed by atoms with Gasteiger partial charge in [0, 0.05) is 7.05 Å². The van der Waals surface area contributed by atoms with Crippen molar-refractivity contribution in [2.24, 2.45) is 0 Å². The number of hydrogen-bond donors (Lipinski definition) is 2. The van der Waals surface area contributed by atoms with E-state index in [1.807, 2.05) is 0 Å². The van der Waals surface area contributed by atoms with Gasteiger partial charge in [-0.3, -0.25) is 10.1 Å². The lowest BCUT2D eigenvalue weighted by molar-refractivity contribution is -0.126. The first-order valence-corrected chi connectivity index (χ1v) is 6.38. The highest BCUT2D eigenvalue weighted by Gasteiger charge is 2.19. The van der Waals surface area contributed by atoms with Crippen molar-refractivity contribution in [3.05, 3.63) is 23.8 Å². The standard InChI is InChI=1S/C14H18N2O6/c1-8(12(17)16-14(19)15-2)22-10-6-5-9(13(18)21-4)7-11(10)20-3/h5-8H,1-4H3,(H2,15,16,17,19)/t8-/m0/s1. The van der Waals surface area contributed by atoms with Crippen LogP contribution in [-0.4, -0.2) is 45.3 Å². The molecule has 0 saturated carbocycles. The summed E-state index contributed by atoms with van der Waals surface area (Å²) in [5.74, 6) is -0.606. The molecule has 0 unspecified atom stereocenters. The second kappa shape index (κ2) is 7.87. The molecule has 120 valence electrons. The Labute approximate surface area is 127 Å². The van der Waals surface area contributed by atoms with Crippen LogP contribution in [-0.2, 0) is 9.53 Å². The van der Waals surface area contributed by atoms with E-state index >= 15 is 0 Å². The summed E-state index contributed by atoms with van der Waals surface area (Å²) in [6.45, 7) is 1.48. The third-order valence-corrected chi connectivity index (χ3v) is 2.72. The molecule has 8 nitrogen and oxygen atoms in total. The van der Waals surface area contributed by atoms with E-state index in [1.165, 1.54) is 46.4 Å². The molecule has 22 heavy (non-hydrogen) atoms. The van der Waals surface area contributed by atoms with Crippen LogP contribution in [0.3, 0.4) is 0 Å². The van der Waals surface area contributed by atoms with Gasteiger partial charge in [-0.1, -0.05) is 0 Å². The number of esters is 1. The Morgan fingerprint density at radius 1 is 1.14 bits per heavy atom. The van der Waals surface area contributed by atoms with Crippen LogP contribution in [0.2, 0.25) is 0 Å². The van der Waals surface area contributed by atoms with Crippen LogP contribution >= 0.6 is 0 Å². The summed E-state index contributed by atoms with van der Waals surface area (Å²) >= 11 is 0. The first-order valence-electron chi connectivity index (χ1n) is 6.38.